The molecular weight excluding hydrogens is 198 g/mol. The Bertz CT molecular complexity index is 243. The fourth-order valence-corrected chi connectivity index (χ4v) is 1.09. The van der Waals surface area contributed by atoms with Crippen LogP contribution in [0, 0.1) is 5.92 Å². The molecule has 3 amide bonds. The van der Waals surface area contributed by atoms with Crippen molar-refractivity contribution < 1.29 is 14.4 Å². The van der Waals surface area contributed by atoms with Gasteiger partial charge in [0.05, 0.1) is 6.54 Å². The Hall–Kier alpha value is -1.59. The SMILES string of the molecule is CCC(C)C(NC(=O)CNC=O)C(N)=O. The highest BCUT2D eigenvalue weighted by Crippen LogP contribution is 2.06. The largest absolute Gasteiger partial charge is 0.368 e. The van der Waals surface area contributed by atoms with E-state index in [0.717, 1.165) is 6.42 Å². The summed E-state index contributed by atoms with van der Waals surface area (Å²) in [4.78, 5) is 32.2. The highest BCUT2D eigenvalue weighted by molar-refractivity contribution is 5.88. The molecule has 6 nitrogen and oxygen atoms in total. The summed E-state index contributed by atoms with van der Waals surface area (Å²) < 4.78 is 0. The molecule has 0 aromatic carbocycles. The zero-order valence-corrected chi connectivity index (χ0v) is 8.95. The predicted molar refractivity (Wildman–Crippen MR) is 54.6 cm³/mol. The second-order valence-electron chi connectivity index (χ2n) is 3.33. The lowest BCUT2D eigenvalue weighted by Crippen LogP contribution is -2.50. The molecule has 0 spiro atoms. The summed E-state index contributed by atoms with van der Waals surface area (Å²) in [6.07, 6.45) is 1.15. The third kappa shape index (κ3) is 4.99. The van der Waals surface area contributed by atoms with Crippen molar-refractivity contribution in [3.63, 3.8) is 0 Å². The minimum atomic E-state index is -0.684. The van der Waals surface area contributed by atoms with Crippen molar-refractivity contribution in [2.75, 3.05) is 6.54 Å². The normalized spacial score (nSPS) is 13.7. The van der Waals surface area contributed by atoms with E-state index in [1.807, 2.05) is 13.8 Å². The van der Waals surface area contributed by atoms with E-state index in [0.29, 0.717) is 6.41 Å². The second-order valence-corrected chi connectivity index (χ2v) is 3.33. The second kappa shape index (κ2) is 6.80. The molecule has 0 bridgehead atoms. The zero-order chi connectivity index (χ0) is 11.8. The van der Waals surface area contributed by atoms with E-state index in [1.165, 1.54) is 0 Å². The molecule has 0 aromatic heterocycles. The van der Waals surface area contributed by atoms with Crippen LogP contribution in [0.4, 0.5) is 0 Å². The van der Waals surface area contributed by atoms with Crippen LogP contribution in [-0.2, 0) is 14.4 Å². The number of hydrogen-bond donors (Lipinski definition) is 3. The van der Waals surface area contributed by atoms with E-state index in [-0.39, 0.29) is 12.5 Å². The molecule has 0 aliphatic rings. The van der Waals surface area contributed by atoms with Gasteiger partial charge in [0.15, 0.2) is 0 Å². The monoisotopic (exact) mass is 215 g/mol. The van der Waals surface area contributed by atoms with Crippen molar-refractivity contribution >= 4 is 18.2 Å². The van der Waals surface area contributed by atoms with Crippen LogP contribution in [0.3, 0.4) is 0 Å². The highest BCUT2D eigenvalue weighted by Gasteiger charge is 2.22. The molecule has 0 saturated carbocycles. The summed E-state index contributed by atoms with van der Waals surface area (Å²) in [6, 6.07) is -0.684. The Morgan fingerprint density at radius 1 is 1.47 bits per heavy atom. The first-order valence-corrected chi connectivity index (χ1v) is 4.78. The number of carbonyl (C=O) groups is 3. The molecule has 0 aliphatic carbocycles. The molecule has 15 heavy (non-hydrogen) atoms. The Labute approximate surface area is 88.6 Å². The first-order chi connectivity index (χ1) is 7.02. The van der Waals surface area contributed by atoms with Gasteiger partial charge in [-0.25, -0.2) is 0 Å². The molecule has 4 N–H and O–H groups in total. The van der Waals surface area contributed by atoms with Crippen LogP contribution < -0.4 is 16.4 Å². The van der Waals surface area contributed by atoms with Gasteiger partial charge in [-0.3, -0.25) is 14.4 Å². The zero-order valence-electron chi connectivity index (χ0n) is 8.95. The van der Waals surface area contributed by atoms with Crippen molar-refractivity contribution in [3.05, 3.63) is 0 Å². The molecule has 0 radical (unpaired) electrons. The number of nitrogens with one attached hydrogen (secondary N) is 2. The third-order valence-corrected chi connectivity index (χ3v) is 2.18. The highest BCUT2D eigenvalue weighted by atomic mass is 16.2. The average molecular weight is 215 g/mol. The standard InChI is InChI=1S/C9H17N3O3/c1-3-6(2)8(9(10)15)12-7(14)4-11-5-13/h5-6,8H,3-4H2,1-2H3,(H2,10,15)(H,11,13)(H,12,14). The predicted octanol–water partition coefficient (Wildman–Crippen LogP) is -1.25. The maximum atomic E-state index is 11.2. The molecule has 2 atom stereocenters. The number of rotatable bonds is 7. The fourth-order valence-electron chi connectivity index (χ4n) is 1.09. The van der Waals surface area contributed by atoms with Crippen molar-refractivity contribution in [3.8, 4) is 0 Å². The molecule has 86 valence electrons. The number of nitrogens with two attached hydrogens (primary N) is 1. The molecule has 2 unspecified atom stereocenters. The number of primary amides is 1. The minimum absolute atomic E-state index is 0.0253. The number of amides is 3. The summed E-state index contributed by atoms with van der Waals surface area (Å²) in [7, 11) is 0. The van der Waals surface area contributed by atoms with Gasteiger partial charge in [-0.05, 0) is 5.92 Å². The van der Waals surface area contributed by atoms with E-state index < -0.39 is 17.9 Å². The van der Waals surface area contributed by atoms with Crippen molar-refractivity contribution in [2.24, 2.45) is 11.7 Å². The van der Waals surface area contributed by atoms with Crippen molar-refractivity contribution in [1.29, 1.82) is 0 Å². The summed E-state index contributed by atoms with van der Waals surface area (Å²) in [6.45, 7) is 3.57. The van der Waals surface area contributed by atoms with Crippen LogP contribution >= 0.6 is 0 Å². The lowest BCUT2D eigenvalue weighted by molar-refractivity contribution is -0.128. The van der Waals surface area contributed by atoms with Gasteiger partial charge in [0.25, 0.3) is 0 Å². The fraction of sp³-hybridized carbons (Fsp3) is 0.667. The van der Waals surface area contributed by atoms with Gasteiger partial charge in [-0.15, -0.1) is 0 Å². The molecule has 0 aliphatic heterocycles. The summed E-state index contributed by atoms with van der Waals surface area (Å²) in [5.74, 6) is -1.02. The van der Waals surface area contributed by atoms with Gasteiger partial charge in [-0.1, -0.05) is 20.3 Å². The molecule has 0 aromatic rings. The first kappa shape index (κ1) is 13.4. The number of hydrogen-bond acceptors (Lipinski definition) is 3. The van der Waals surface area contributed by atoms with E-state index in [2.05, 4.69) is 10.6 Å². The van der Waals surface area contributed by atoms with E-state index in [9.17, 15) is 14.4 Å². The van der Waals surface area contributed by atoms with Gasteiger partial charge >= 0.3 is 0 Å². The van der Waals surface area contributed by atoms with Crippen LogP contribution in [0.5, 0.6) is 0 Å². The maximum Gasteiger partial charge on any atom is 0.240 e. The lowest BCUT2D eigenvalue weighted by Gasteiger charge is -2.20. The van der Waals surface area contributed by atoms with Gasteiger partial charge in [0.1, 0.15) is 6.04 Å². The minimum Gasteiger partial charge on any atom is -0.368 e. The Balaban J connectivity index is 4.22. The molecule has 0 fully saturated rings. The first-order valence-electron chi connectivity index (χ1n) is 4.78. The van der Waals surface area contributed by atoms with Gasteiger partial charge in [0.2, 0.25) is 18.2 Å². The molecule has 0 rings (SSSR count). The average Bonchev–Trinajstić information content (AvgIpc) is 2.21. The van der Waals surface area contributed by atoms with Crippen molar-refractivity contribution in [1.82, 2.24) is 10.6 Å². The van der Waals surface area contributed by atoms with E-state index in [4.69, 9.17) is 5.73 Å². The van der Waals surface area contributed by atoms with E-state index in [1.54, 1.807) is 0 Å². The van der Waals surface area contributed by atoms with Crippen LogP contribution in [0.1, 0.15) is 20.3 Å². The van der Waals surface area contributed by atoms with Crippen LogP contribution in [0.25, 0.3) is 0 Å². The topological polar surface area (TPSA) is 101 Å². The van der Waals surface area contributed by atoms with Crippen LogP contribution in [0.15, 0.2) is 0 Å². The summed E-state index contributed by atoms with van der Waals surface area (Å²) >= 11 is 0. The van der Waals surface area contributed by atoms with E-state index >= 15 is 0 Å². The lowest BCUT2D eigenvalue weighted by atomic mass is 9.98. The maximum absolute atomic E-state index is 11.2. The quantitative estimate of drug-likeness (QED) is 0.462. The van der Waals surface area contributed by atoms with Crippen molar-refractivity contribution in [2.45, 2.75) is 26.3 Å². The van der Waals surface area contributed by atoms with Gasteiger partial charge in [0, 0.05) is 0 Å². The molecular formula is C9H17N3O3. The van der Waals surface area contributed by atoms with Gasteiger partial charge < -0.3 is 16.4 Å². The third-order valence-electron chi connectivity index (χ3n) is 2.18. The number of carbonyl (C=O) groups excluding carboxylic acids is 3. The Morgan fingerprint density at radius 2 is 2.07 bits per heavy atom. The van der Waals surface area contributed by atoms with Crippen LogP contribution in [0.2, 0.25) is 0 Å². The molecule has 0 saturated heterocycles. The Morgan fingerprint density at radius 3 is 2.47 bits per heavy atom. The molecule has 0 heterocycles. The molecule has 6 heteroatoms. The Kier molecular flexibility index (Phi) is 6.08. The van der Waals surface area contributed by atoms with Gasteiger partial charge in [-0.2, -0.15) is 0 Å². The summed E-state index contributed by atoms with van der Waals surface area (Å²) in [5.41, 5.74) is 5.15. The summed E-state index contributed by atoms with van der Waals surface area (Å²) in [5, 5.41) is 4.67. The van der Waals surface area contributed by atoms with Crippen LogP contribution in [-0.4, -0.2) is 30.8 Å². The smallest absolute Gasteiger partial charge is 0.240 e.